The van der Waals surface area contributed by atoms with E-state index in [0.717, 1.165) is 62.3 Å². The maximum atomic E-state index is 4.73. The van der Waals surface area contributed by atoms with Crippen molar-refractivity contribution < 1.29 is 0 Å². The van der Waals surface area contributed by atoms with Crippen molar-refractivity contribution in [3.8, 4) is 0 Å². The molecule has 0 unspecified atom stereocenters. The van der Waals surface area contributed by atoms with Crippen LogP contribution in [0.15, 0.2) is 6.07 Å². The number of rotatable bonds is 9. The number of aryl methyl sites for hydroxylation is 1. The molecule has 0 spiro atoms. The average Bonchev–Trinajstić information content (AvgIpc) is 3.28. The third kappa shape index (κ3) is 4.36. The lowest BCUT2D eigenvalue weighted by Gasteiger charge is -2.24. The van der Waals surface area contributed by atoms with Crippen molar-refractivity contribution >= 4 is 11.6 Å². The highest BCUT2D eigenvalue weighted by molar-refractivity contribution is 5.49. The molecule has 1 aromatic heterocycles. The first-order chi connectivity index (χ1) is 9.76. The summed E-state index contributed by atoms with van der Waals surface area (Å²) < 4.78 is 0. The van der Waals surface area contributed by atoms with E-state index in [1.54, 1.807) is 0 Å². The van der Waals surface area contributed by atoms with Crippen LogP contribution in [0.5, 0.6) is 0 Å². The SMILES string of the molecule is CCCNc1cc(N(CCC)CC2CC2)nc(CC)n1. The summed E-state index contributed by atoms with van der Waals surface area (Å²) in [5, 5.41) is 3.40. The average molecular weight is 276 g/mol. The molecule has 1 N–H and O–H groups in total. The fourth-order valence-corrected chi connectivity index (χ4v) is 2.33. The van der Waals surface area contributed by atoms with E-state index in [1.165, 1.54) is 12.8 Å². The molecule has 0 aliphatic heterocycles. The summed E-state index contributed by atoms with van der Waals surface area (Å²) >= 11 is 0. The zero-order valence-electron chi connectivity index (χ0n) is 13.2. The van der Waals surface area contributed by atoms with Crippen LogP contribution in [0, 0.1) is 5.92 Å². The van der Waals surface area contributed by atoms with Gasteiger partial charge in [0.15, 0.2) is 0 Å². The molecule has 0 saturated heterocycles. The van der Waals surface area contributed by atoms with Crippen molar-refractivity contribution in [1.82, 2.24) is 9.97 Å². The Balaban J connectivity index is 2.16. The van der Waals surface area contributed by atoms with E-state index in [-0.39, 0.29) is 0 Å². The Kier molecular flexibility index (Phi) is 5.62. The van der Waals surface area contributed by atoms with E-state index >= 15 is 0 Å². The number of anilines is 2. The van der Waals surface area contributed by atoms with E-state index in [9.17, 15) is 0 Å². The number of hydrogen-bond donors (Lipinski definition) is 1. The normalized spacial score (nSPS) is 14.3. The zero-order valence-corrected chi connectivity index (χ0v) is 13.2. The summed E-state index contributed by atoms with van der Waals surface area (Å²) in [5.41, 5.74) is 0. The molecule has 20 heavy (non-hydrogen) atoms. The fraction of sp³-hybridized carbons (Fsp3) is 0.750. The summed E-state index contributed by atoms with van der Waals surface area (Å²) in [6.07, 6.45) is 5.93. The largest absolute Gasteiger partial charge is 0.370 e. The van der Waals surface area contributed by atoms with Crippen molar-refractivity contribution in [3.05, 3.63) is 11.9 Å². The van der Waals surface area contributed by atoms with E-state index in [1.807, 2.05) is 0 Å². The Morgan fingerprint density at radius 1 is 1.20 bits per heavy atom. The van der Waals surface area contributed by atoms with Gasteiger partial charge in [-0.15, -0.1) is 0 Å². The van der Waals surface area contributed by atoms with Crippen molar-refractivity contribution in [3.63, 3.8) is 0 Å². The lowest BCUT2D eigenvalue weighted by molar-refractivity contribution is 0.694. The first kappa shape index (κ1) is 15.1. The minimum absolute atomic E-state index is 0.883. The van der Waals surface area contributed by atoms with Gasteiger partial charge < -0.3 is 10.2 Å². The van der Waals surface area contributed by atoms with Crippen LogP contribution in [-0.2, 0) is 6.42 Å². The van der Waals surface area contributed by atoms with Gasteiger partial charge in [-0.05, 0) is 31.6 Å². The minimum atomic E-state index is 0.883. The number of aromatic nitrogens is 2. The van der Waals surface area contributed by atoms with E-state index < -0.39 is 0 Å². The van der Waals surface area contributed by atoms with Crippen LogP contribution in [0.2, 0.25) is 0 Å². The predicted molar refractivity (Wildman–Crippen MR) is 85.4 cm³/mol. The summed E-state index contributed by atoms with van der Waals surface area (Å²) in [6, 6.07) is 2.12. The van der Waals surface area contributed by atoms with Crippen LogP contribution in [0.1, 0.15) is 52.3 Å². The third-order valence-electron chi connectivity index (χ3n) is 3.62. The Morgan fingerprint density at radius 2 is 2.00 bits per heavy atom. The zero-order chi connectivity index (χ0) is 14.4. The molecule has 0 atom stereocenters. The highest BCUT2D eigenvalue weighted by Crippen LogP contribution is 2.31. The van der Waals surface area contributed by atoms with E-state index in [0.29, 0.717) is 0 Å². The third-order valence-corrected chi connectivity index (χ3v) is 3.62. The van der Waals surface area contributed by atoms with E-state index in [4.69, 9.17) is 4.98 Å². The summed E-state index contributed by atoms with van der Waals surface area (Å²) in [4.78, 5) is 11.8. The maximum absolute atomic E-state index is 4.73. The molecule has 1 aliphatic carbocycles. The minimum Gasteiger partial charge on any atom is -0.370 e. The molecule has 0 radical (unpaired) electrons. The van der Waals surface area contributed by atoms with Crippen LogP contribution < -0.4 is 10.2 Å². The molecule has 4 heteroatoms. The second kappa shape index (κ2) is 7.46. The second-order valence-corrected chi connectivity index (χ2v) is 5.70. The summed E-state index contributed by atoms with van der Waals surface area (Å²) in [6.45, 7) is 9.74. The molecular formula is C16H28N4. The molecule has 0 aromatic carbocycles. The van der Waals surface area contributed by atoms with Gasteiger partial charge in [0.05, 0.1) is 0 Å². The Labute approximate surface area is 123 Å². The molecule has 1 saturated carbocycles. The van der Waals surface area contributed by atoms with Crippen LogP contribution in [0.25, 0.3) is 0 Å². The molecule has 4 nitrogen and oxygen atoms in total. The Bertz CT molecular complexity index is 415. The summed E-state index contributed by atoms with van der Waals surface area (Å²) in [5.74, 6) is 3.90. The van der Waals surface area contributed by atoms with Crippen molar-refractivity contribution in [1.29, 1.82) is 0 Å². The number of nitrogens with one attached hydrogen (secondary N) is 1. The van der Waals surface area contributed by atoms with Gasteiger partial charge in [-0.3, -0.25) is 0 Å². The fourth-order valence-electron chi connectivity index (χ4n) is 2.33. The smallest absolute Gasteiger partial charge is 0.134 e. The topological polar surface area (TPSA) is 41.0 Å². The molecule has 0 bridgehead atoms. The van der Waals surface area contributed by atoms with Crippen molar-refractivity contribution in [2.24, 2.45) is 5.92 Å². The lowest BCUT2D eigenvalue weighted by Crippen LogP contribution is -2.28. The number of hydrogen-bond acceptors (Lipinski definition) is 4. The monoisotopic (exact) mass is 276 g/mol. The van der Waals surface area contributed by atoms with Gasteiger partial charge in [-0.1, -0.05) is 20.8 Å². The first-order valence-electron chi connectivity index (χ1n) is 8.13. The van der Waals surface area contributed by atoms with Crippen LogP contribution >= 0.6 is 0 Å². The molecule has 0 amide bonds. The van der Waals surface area contributed by atoms with E-state index in [2.05, 4.69) is 42.0 Å². The van der Waals surface area contributed by atoms with Crippen LogP contribution in [-0.4, -0.2) is 29.6 Å². The molecule has 1 fully saturated rings. The molecule has 112 valence electrons. The molecule has 1 aliphatic rings. The van der Waals surface area contributed by atoms with Crippen LogP contribution in [0.3, 0.4) is 0 Å². The summed E-state index contributed by atoms with van der Waals surface area (Å²) in [7, 11) is 0. The Morgan fingerprint density at radius 3 is 2.60 bits per heavy atom. The number of nitrogens with zero attached hydrogens (tertiary/aromatic N) is 3. The van der Waals surface area contributed by atoms with Gasteiger partial charge in [0.2, 0.25) is 0 Å². The standard InChI is InChI=1S/C16H28N4/c1-4-9-17-15-11-16(19-14(6-3)18-15)20(10-5-2)12-13-7-8-13/h11,13H,4-10,12H2,1-3H3,(H,17,18,19). The Hall–Kier alpha value is -1.32. The van der Waals surface area contributed by atoms with Crippen LogP contribution in [0.4, 0.5) is 11.6 Å². The van der Waals surface area contributed by atoms with Gasteiger partial charge in [-0.25, -0.2) is 9.97 Å². The van der Waals surface area contributed by atoms with Crippen molar-refractivity contribution in [2.75, 3.05) is 29.9 Å². The molecule has 2 rings (SSSR count). The first-order valence-corrected chi connectivity index (χ1v) is 8.13. The quantitative estimate of drug-likeness (QED) is 0.749. The van der Waals surface area contributed by atoms with Gasteiger partial charge in [0.25, 0.3) is 0 Å². The lowest BCUT2D eigenvalue weighted by atomic mass is 10.3. The van der Waals surface area contributed by atoms with Gasteiger partial charge in [0.1, 0.15) is 17.5 Å². The second-order valence-electron chi connectivity index (χ2n) is 5.70. The van der Waals surface area contributed by atoms with Gasteiger partial charge >= 0.3 is 0 Å². The van der Waals surface area contributed by atoms with Gasteiger partial charge in [0, 0.05) is 32.1 Å². The molecular weight excluding hydrogens is 248 g/mol. The predicted octanol–water partition coefficient (Wildman–Crippen LogP) is 3.49. The molecule has 1 aromatic rings. The van der Waals surface area contributed by atoms with Crippen molar-refractivity contribution in [2.45, 2.75) is 52.9 Å². The molecule has 1 heterocycles. The highest BCUT2D eigenvalue weighted by Gasteiger charge is 2.25. The highest BCUT2D eigenvalue weighted by atomic mass is 15.2. The van der Waals surface area contributed by atoms with Gasteiger partial charge in [-0.2, -0.15) is 0 Å². The maximum Gasteiger partial charge on any atom is 0.134 e.